The normalized spacial score (nSPS) is 12.2. The number of carbonyl (C=O) groups is 1. The van der Waals surface area contributed by atoms with Gasteiger partial charge in [0, 0.05) is 6.42 Å². The van der Waals surface area contributed by atoms with Gasteiger partial charge in [0.25, 0.3) is 0 Å². The van der Waals surface area contributed by atoms with Gasteiger partial charge in [-0.25, -0.2) is 4.39 Å². The van der Waals surface area contributed by atoms with E-state index in [9.17, 15) is 14.3 Å². The molecule has 6 nitrogen and oxygen atoms in total. The number of phenols is 1. The summed E-state index contributed by atoms with van der Waals surface area (Å²) in [6.45, 7) is 0. The van der Waals surface area contributed by atoms with Gasteiger partial charge < -0.3 is 26.0 Å². The lowest BCUT2D eigenvalue weighted by Gasteiger charge is -2.12. The van der Waals surface area contributed by atoms with Crippen LogP contribution < -0.4 is 11.2 Å². The number of nitrogens with two attached hydrogens (primary N) is 1. The average molecular weight is 243 g/mol. The van der Waals surface area contributed by atoms with E-state index in [-0.39, 0.29) is 12.0 Å². The Labute approximate surface area is 96.3 Å². The Morgan fingerprint density at radius 3 is 2.53 bits per heavy atom. The summed E-state index contributed by atoms with van der Waals surface area (Å²) in [7, 11) is -2.18. The highest BCUT2D eigenvalue weighted by Crippen LogP contribution is 2.18. The maximum atomic E-state index is 13.1. The molecule has 1 aromatic rings. The van der Waals surface area contributed by atoms with Crippen molar-refractivity contribution in [1.29, 1.82) is 0 Å². The standard InChI is InChI=1S/C9H11BFNO5/c11-5-2-1-4(3-6(12)9(14)15)8(13)7(5)10(16)17/h1-2,6,13,16-17H,3,12H2,(H,14,15). The minimum absolute atomic E-state index is 0.0319. The maximum Gasteiger partial charge on any atom is 0.495 e. The third-order valence-corrected chi connectivity index (χ3v) is 2.26. The molecule has 1 aromatic carbocycles. The zero-order chi connectivity index (χ0) is 13.2. The average Bonchev–Trinajstić information content (AvgIpc) is 2.21. The molecule has 0 bridgehead atoms. The molecule has 1 unspecified atom stereocenters. The fraction of sp³-hybridized carbons (Fsp3) is 0.222. The van der Waals surface area contributed by atoms with Crippen molar-refractivity contribution in [2.75, 3.05) is 0 Å². The van der Waals surface area contributed by atoms with E-state index in [4.69, 9.17) is 20.9 Å². The summed E-state index contributed by atoms with van der Waals surface area (Å²) in [5.74, 6) is -2.97. The van der Waals surface area contributed by atoms with Crippen LogP contribution in [-0.4, -0.2) is 39.4 Å². The molecule has 6 N–H and O–H groups in total. The number of hydrogen-bond acceptors (Lipinski definition) is 5. The fourth-order valence-corrected chi connectivity index (χ4v) is 1.36. The Morgan fingerprint density at radius 1 is 1.47 bits per heavy atom. The molecule has 1 atom stereocenters. The summed E-state index contributed by atoms with van der Waals surface area (Å²) < 4.78 is 13.1. The predicted molar refractivity (Wildman–Crippen MR) is 57.2 cm³/mol. The van der Waals surface area contributed by atoms with Crippen molar-refractivity contribution in [3.63, 3.8) is 0 Å². The Balaban J connectivity index is 3.11. The fourth-order valence-electron chi connectivity index (χ4n) is 1.36. The molecule has 0 fully saturated rings. The quantitative estimate of drug-likeness (QED) is 0.396. The predicted octanol–water partition coefficient (Wildman–Crippen LogP) is -1.83. The van der Waals surface area contributed by atoms with Crippen LogP contribution in [0.2, 0.25) is 0 Å². The van der Waals surface area contributed by atoms with Crippen LogP contribution in [0.5, 0.6) is 5.75 Å². The Kier molecular flexibility index (Phi) is 4.05. The van der Waals surface area contributed by atoms with Gasteiger partial charge in [-0.1, -0.05) is 6.07 Å². The van der Waals surface area contributed by atoms with Gasteiger partial charge in [0.05, 0.1) is 5.46 Å². The molecule has 0 amide bonds. The van der Waals surface area contributed by atoms with Crippen LogP contribution in [0.1, 0.15) is 5.56 Å². The second kappa shape index (κ2) is 5.13. The first-order valence-corrected chi connectivity index (χ1v) is 4.69. The van der Waals surface area contributed by atoms with Crippen molar-refractivity contribution in [2.24, 2.45) is 5.73 Å². The van der Waals surface area contributed by atoms with Crippen molar-refractivity contribution in [3.8, 4) is 5.75 Å². The van der Waals surface area contributed by atoms with E-state index >= 15 is 0 Å². The summed E-state index contributed by atoms with van der Waals surface area (Å²) in [5, 5.41) is 35.9. The molecule has 0 saturated heterocycles. The van der Waals surface area contributed by atoms with E-state index < -0.39 is 36.2 Å². The van der Waals surface area contributed by atoms with Crippen molar-refractivity contribution >= 4 is 18.6 Å². The Morgan fingerprint density at radius 2 is 2.06 bits per heavy atom. The lowest BCUT2D eigenvalue weighted by molar-refractivity contribution is -0.138. The number of rotatable bonds is 4. The van der Waals surface area contributed by atoms with E-state index in [0.717, 1.165) is 12.1 Å². The van der Waals surface area contributed by atoms with Crippen LogP contribution in [0.4, 0.5) is 4.39 Å². The Hall–Kier alpha value is -1.64. The molecule has 0 aliphatic heterocycles. The number of aliphatic carboxylic acids is 1. The summed E-state index contributed by atoms with van der Waals surface area (Å²) >= 11 is 0. The minimum Gasteiger partial charge on any atom is -0.508 e. The molecule has 17 heavy (non-hydrogen) atoms. The third-order valence-electron chi connectivity index (χ3n) is 2.26. The van der Waals surface area contributed by atoms with Crippen LogP contribution >= 0.6 is 0 Å². The molecular formula is C9H11BFNO5. The van der Waals surface area contributed by atoms with Crippen LogP contribution in [0.15, 0.2) is 12.1 Å². The van der Waals surface area contributed by atoms with Gasteiger partial charge in [-0.05, 0) is 11.6 Å². The summed E-state index contributed by atoms with van der Waals surface area (Å²) in [5.41, 5.74) is 4.59. The second-order valence-electron chi connectivity index (χ2n) is 3.49. The first-order valence-electron chi connectivity index (χ1n) is 4.69. The number of benzene rings is 1. The molecule has 1 rings (SSSR count). The minimum atomic E-state index is -2.18. The molecule has 92 valence electrons. The first-order chi connectivity index (χ1) is 7.84. The molecule has 0 aliphatic carbocycles. The van der Waals surface area contributed by atoms with Gasteiger partial charge in [-0.15, -0.1) is 0 Å². The van der Waals surface area contributed by atoms with E-state index in [2.05, 4.69) is 0 Å². The number of halogens is 1. The number of hydrogen-bond donors (Lipinski definition) is 5. The molecule has 0 heterocycles. The van der Waals surface area contributed by atoms with E-state index in [1.165, 1.54) is 0 Å². The highest BCUT2D eigenvalue weighted by molar-refractivity contribution is 6.59. The van der Waals surface area contributed by atoms with E-state index in [1.54, 1.807) is 0 Å². The summed E-state index contributed by atoms with van der Waals surface area (Å²) in [6.07, 6.45) is -0.249. The largest absolute Gasteiger partial charge is 0.508 e. The number of aromatic hydroxyl groups is 1. The first kappa shape index (κ1) is 13.4. The van der Waals surface area contributed by atoms with Crippen LogP contribution in [0.25, 0.3) is 0 Å². The smallest absolute Gasteiger partial charge is 0.495 e. The van der Waals surface area contributed by atoms with Gasteiger partial charge in [0.15, 0.2) is 0 Å². The lowest BCUT2D eigenvalue weighted by atomic mass is 9.77. The molecule has 0 aliphatic rings. The van der Waals surface area contributed by atoms with Crippen molar-refractivity contribution in [1.82, 2.24) is 0 Å². The van der Waals surface area contributed by atoms with E-state index in [1.807, 2.05) is 0 Å². The molecule has 0 aromatic heterocycles. The zero-order valence-electron chi connectivity index (χ0n) is 8.67. The third kappa shape index (κ3) is 2.93. The van der Waals surface area contributed by atoms with Gasteiger partial charge in [0.2, 0.25) is 0 Å². The molecule has 8 heteroatoms. The van der Waals surface area contributed by atoms with Crippen molar-refractivity contribution < 1.29 is 29.4 Å². The van der Waals surface area contributed by atoms with E-state index in [0.29, 0.717) is 0 Å². The topological polar surface area (TPSA) is 124 Å². The monoisotopic (exact) mass is 243 g/mol. The molecular weight excluding hydrogens is 232 g/mol. The second-order valence-corrected chi connectivity index (χ2v) is 3.49. The highest BCUT2D eigenvalue weighted by atomic mass is 19.1. The number of phenolic OH excluding ortho intramolecular Hbond substituents is 1. The van der Waals surface area contributed by atoms with Gasteiger partial charge >= 0.3 is 13.1 Å². The highest BCUT2D eigenvalue weighted by Gasteiger charge is 2.25. The van der Waals surface area contributed by atoms with Gasteiger partial charge in [0.1, 0.15) is 17.6 Å². The van der Waals surface area contributed by atoms with Crippen LogP contribution in [-0.2, 0) is 11.2 Å². The lowest BCUT2D eigenvalue weighted by Crippen LogP contribution is -2.35. The van der Waals surface area contributed by atoms with Crippen LogP contribution in [0, 0.1) is 5.82 Å². The summed E-state index contributed by atoms with van der Waals surface area (Å²) in [4.78, 5) is 10.5. The Bertz CT molecular complexity index is 440. The van der Waals surface area contributed by atoms with Crippen LogP contribution in [0.3, 0.4) is 0 Å². The van der Waals surface area contributed by atoms with Gasteiger partial charge in [-0.2, -0.15) is 0 Å². The summed E-state index contributed by atoms with van der Waals surface area (Å²) in [6, 6.07) is 0.771. The maximum absolute atomic E-state index is 13.1. The zero-order valence-corrected chi connectivity index (χ0v) is 8.67. The van der Waals surface area contributed by atoms with Crippen molar-refractivity contribution in [3.05, 3.63) is 23.5 Å². The SMILES string of the molecule is NC(Cc1ccc(F)c(B(O)O)c1O)C(=O)O. The number of carboxylic acids is 1. The van der Waals surface area contributed by atoms with Gasteiger partial charge in [-0.3, -0.25) is 4.79 Å². The molecule has 0 saturated carbocycles. The molecule has 0 radical (unpaired) electrons. The number of carboxylic acid groups (broad SMARTS) is 1. The molecule has 0 spiro atoms. The van der Waals surface area contributed by atoms with Crippen molar-refractivity contribution in [2.45, 2.75) is 12.5 Å².